The maximum Gasteiger partial charge on any atom is 0.240 e. The molecule has 100 valence electrons. The monoisotopic (exact) mass is 339 g/mol. The van der Waals surface area contributed by atoms with E-state index in [4.69, 9.17) is 0 Å². The van der Waals surface area contributed by atoms with E-state index in [9.17, 15) is 4.79 Å². The number of anilines is 1. The predicted octanol–water partition coefficient (Wildman–Crippen LogP) is 2.98. The minimum absolute atomic E-state index is 0.0467. The van der Waals surface area contributed by atoms with E-state index >= 15 is 0 Å². The highest BCUT2D eigenvalue weighted by Crippen LogP contribution is 2.12. The van der Waals surface area contributed by atoms with E-state index in [1.165, 1.54) is 16.9 Å². The van der Waals surface area contributed by atoms with E-state index in [1.807, 2.05) is 41.6 Å². The van der Waals surface area contributed by atoms with Crippen LogP contribution in [0.5, 0.6) is 0 Å². The van der Waals surface area contributed by atoms with Crippen molar-refractivity contribution in [1.29, 1.82) is 0 Å². The van der Waals surface area contributed by atoms with Gasteiger partial charge in [-0.15, -0.1) is 11.3 Å². The van der Waals surface area contributed by atoms with Gasteiger partial charge < -0.3 is 5.32 Å². The van der Waals surface area contributed by atoms with Gasteiger partial charge in [-0.3, -0.25) is 9.69 Å². The molecule has 1 aromatic carbocycles. The first-order valence-electron chi connectivity index (χ1n) is 5.76. The van der Waals surface area contributed by atoms with Crippen molar-refractivity contribution in [1.82, 2.24) is 9.88 Å². The first-order chi connectivity index (χ1) is 9.13. The van der Waals surface area contributed by atoms with Crippen LogP contribution in [0, 0.1) is 0 Å². The van der Waals surface area contributed by atoms with Crippen LogP contribution in [-0.4, -0.2) is 29.4 Å². The topological polar surface area (TPSA) is 45.2 Å². The van der Waals surface area contributed by atoms with Gasteiger partial charge in [0.25, 0.3) is 0 Å². The molecule has 1 heterocycles. The Morgan fingerprint density at radius 1 is 1.42 bits per heavy atom. The Balaban J connectivity index is 1.82. The molecule has 1 aromatic heterocycles. The summed E-state index contributed by atoms with van der Waals surface area (Å²) in [4.78, 5) is 17.8. The van der Waals surface area contributed by atoms with Crippen molar-refractivity contribution in [3.05, 3.63) is 45.9 Å². The van der Waals surface area contributed by atoms with Crippen molar-refractivity contribution in [2.45, 2.75) is 6.54 Å². The van der Waals surface area contributed by atoms with Crippen molar-refractivity contribution in [3.8, 4) is 0 Å². The summed E-state index contributed by atoms with van der Waals surface area (Å²) < 4.78 is 1.06. The maximum atomic E-state index is 11.8. The van der Waals surface area contributed by atoms with E-state index in [0.29, 0.717) is 11.7 Å². The molecule has 0 spiro atoms. The van der Waals surface area contributed by atoms with Crippen LogP contribution in [0.3, 0.4) is 0 Å². The highest BCUT2D eigenvalue weighted by Gasteiger charge is 2.08. The zero-order chi connectivity index (χ0) is 13.7. The molecule has 2 rings (SSSR count). The summed E-state index contributed by atoms with van der Waals surface area (Å²) >= 11 is 4.82. The Bertz CT molecular complexity index is 527. The number of rotatable bonds is 5. The fourth-order valence-corrected chi connectivity index (χ4v) is 2.46. The third-order valence-electron chi connectivity index (χ3n) is 2.46. The Hall–Kier alpha value is -1.24. The van der Waals surface area contributed by atoms with Crippen LogP contribution in [0.4, 0.5) is 5.13 Å². The fraction of sp³-hybridized carbons (Fsp3) is 0.231. The molecule has 0 fully saturated rings. The lowest BCUT2D eigenvalue weighted by Crippen LogP contribution is -2.29. The van der Waals surface area contributed by atoms with Crippen LogP contribution in [0.15, 0.2) is 40.3 Å². The van der Waals surface area contributed by atoms with Crippen LogP contribution in [0.1, 0.15) is 5.56 Å². The summed E-state index contributed by atoms with van der Waals surface area (Å²) in [6.07, 6.45) is 1.67. The standard InChI is InChI=1S/C13H14BrN3OS/c1-17(8-10-2-4-11(14)5-3-10)9-12(18)16-13-15-6-7-19-13/h2-7H,8-9H2,1H3,(H,15,16,18). The molecular weight excluding hydrogens is 326 g/mol. The minimum atomic E-state index is -0.0467. The van der Waals surface area contributed by atoms with Crippen LogP contribution in [0.2, 0.25) is 0 Å². The highest BCUT2D eigenvalue weighted by molar-refractivity contribution is 9.10. The average Bonchev–Trinajstić information content (AvgIpc) is 2.84. The molecule has 4 nitrogen and oxygen atoms in total. The Kier molecular flexibility index (Phi) is 5.07. The molecule has 0 aliphatic heterocycles. The van der Waals surface area contributed by atoms with Gasteiger partial charge in [0.05, 0.1) is 6.54 Å². The molecule has 1 amide bonds. The second-order valence-corrected chi connectivity index (χ2v) is 5.99. The van der Waals surface area contributed by atoms with Crippen molar-refractivity contribution in [3.63, 3.8) is 0 Å². The van der Waals surface area contributed by atoms with Gasteiger partial charge in [-0.2, -0.15) is 0 Å². The van der Waals surface area contributed by atoms with Gasteiger partial charge in [-0.1, -0.05) is 28.1 Å². The third kappa shape index (κ3) is 4.74. The lowest BCUT2D eigenvalue weighted by molar-refractivity contribution is -0.117. The first kappa shape index (κ1) is 14.2. The van der Waals surface area contributed by atoms with Crippen LogP contribution in [0.25, 0.3) is 0 Å². The minimum Gasteiger partial charge on any atom is -0.301 e. The van der Waals surface area contributed by atoms with Gasteiger partial charge in [0.1, 0.15) is 0 Å². The van der Waals surface area contributed by atoms with Crippen LogP contribution >= 0.6 is 27.3 Å². The molecule has 0 saturated carbocycles. The SMILES string of the molecule is CN(CC(=O)Nc1nccs1)Cc1ccc(Br)cc1. The second kappa shape index (κ2) is 6.79. The molecule has 19 heavy (non-hydrogen) atoms. The molecule has 0 aliphatic rings. The first-order valence-corrected chi connectivity index (χ1v) is 7.43. The predicted molar refractivity (Wildman–Crippen MR) is 81.2 cm³/mol. The van der Waals surface area contributed by atoms with Crippen molar-refractivity contribution >= 4 is 38.3 Å². The maximum absolute atomic E-state index is 11.8. The Morgan fingerprint density at radius 3 is 2.79 bits per heavy atom. The summed E-state index contributed by atoms with van der Waals surface area (Å²) in [5.41, 5.74) is 1.17. The van der Waals surface area contributed by atoms with Gasteiger partial charge in [0.2, 0.25) is 5.91 Å². The number of nitrogens with zero attached hydrogens (tertiary/aromatic N) is 2. The summed E-state index contributed by atoms with van der Waals surface area (Å²) in [7, 11) is 1.92. The lowest BCUT2D eigenvalue weighted by atomic mass is 10.2. The second-order valence-electron chi connectivity index (χ2n) is 4.18. The quantitative estimate of drug-likeness (QED) is 0.910. The number of nitrogens with one attached hydrogen (secondary N) is 1. The molecular formula is C13H14BrN3OS. The number of halogens is 1. The molecule has 6 heteroatoms. The lowest BCUT2D eigenvalue weighted by Gasteiger charge is -2.15. The number of carbonyl (C=O) groups is 1. The van der Waals surface area contributed by atoms with Gasteiger partial charge in [-0.05, 0) is 24.7 Å². The molecule has 0 saturated heterocycles. The molecule has 0 aliphatic carbocycles. The van der Waals surface area contributed by atoms with Crippen molar-refractivity contribution < 1.29 is 4.79 Å². The number of hydrogen-bond donors (Lipinski definition) is 1. The van der Waals surface area contributed by atoms with E-state index < -0.39 is 0 Å². The summed E-state index contributed by atoms with van der Waals surface area (Å²) in [6.45, 7) is 1.08. The van der Waals surface area contributed by atoms with Gasteiger partial charge >= 0.3 is 0 Å². The molecule has 0 bridgehead atoms. The fourth-order valence-electron chi connectivity index (χ4n) is 1.65. The number of likely N-dealkylation sites (N-methyl/N-ethyl adjacent to an activating group) is 1. The normalized spacial score (nSPS) is 10.7. The van der Waals surface area contributed by atoms with E-state index in [2.05, 4.69) is 26.2 Å². The highest BCUT2D eigenvalue weighted by atomic mass is 79.9. The summed E-state index contributed by atoms with van der Waals surface area (Å²) in [6, 6.07) is 8.08. The molecule has 0 radical (unpaired) electrons. The van der Waals surface area contributed by atoms with Crippen LogP contribution in [-0.2, 0) is 11.3 Å². The van der Waals surface area contributed by atoms with E-state index in [0.717, 1.165) is 11.0 Å². The zero-order valence-electron chi connectivity index (χ0n) is 10.5. The van der Waals surface area contributed by atoms with Gasteiger partial charge in [0.15, 0.2) is 5.13 Å². The number of carbonyl (C=O) groups excluding carboxylic acids is 1. The molecule has 0 atom stereocenters. The smallest absolute Gasteiger partial charge is 0.240 e. The molecule has 1 N–H and O–H groups in total. The Morgan fingerprint density at radius 2 is 2.16 bits per heavy atom. The van der Waals surface area contributed by atoms with Gasteiger partial charge in [-0.25, -0.2) is 4.98 Å². The molecule has 0 unspecified atom stereocenters. The Labute approximate surface area is 124 Å². The molecule has 2 aromatic rings. The number of thiazole rings is 1. The van der Waals surface area contributed by atoms with E-state index in [-0.39, 0.29) is 5.91 Å². The van der Waals surface area contributed by atoms with Crippen LogP contribution < -0.4 is 5.32 Å². The van der Waals surface area contributed by atoms with Crippen molar-refractivity contribution in [2.24, 2.45) is 0 Å². The van der Waals surface area contributed by atoms with Crippen molar-refractivity contribution in [2.75, 3.05) is 18.9 Å². The number of benzene rings is 1. The number of hydrogen-bond acceptors (Lipinski definition) is 4. The third-order valence-corrected chi connectivity index (χ3v) is 3.68. The average molecular weight is 340 g/mol. The zero-order valence-corrected chi connectivity index (χ0v) is 12.9. The number of amides is 1. The van der Waals surface area contributed by atoms with E-state index in [1.54, 1.807) is 6.20 Å². The summed E-state index contributed by atoms with van der Waals surface area (Å²) in [5, 5.41) is 5.24. The summed E-state index contributed by atoms with van der Waals surface area (Å²) in [5.74, 6) is -0.0467. The number of aromatic nitrogens is 1. The largest absolute Gasteiger partial charge is 0.301 e. The van der Waals surface area contributed by atoms with Gasteiger partial charge in [0, 0.05) is 22.6 Å².